The zero-order valence-corrected chi connectivity index (χ0v) is 4.61. The fourth-order valence-electron chi connectivity index (χ4n) is 0.838. The van der Waals surface area contributed by atoms with Crippen LogP contribution in [0.2, 0.25) is 0 Å². The second-order valence-electron chi connectivity index (χ2n) is 2.22. The molecule has 0 amide bonds. The van der Waals surface area contributed by atoms with E-state index in [0.717, 1.165) is 25.7 Å². The molecule has 1 aliphatic rings. The Balaban J connectivity index is 2.01. The van der Waals surface area contributed by atoms with E-state index < -0.39 is 6.43 Å². The second-order valence-corrected chi connectivity index (χ2v) is 2.22. The molecule has 0 saturated heterocycles. The first-order valence-corrected chi connectivity index (χ1v) is 2.92. The summed E-state index contributed by atoms with van der Waals surface area (Å²) in [4.78, 5) is 0. The molecule has 1 aliphatic carbocycles. The summed E-state index contributed by atoms with van der Waals surface area (Å²) in [5, 5.41) is 0. The van der Waals surface area contributed by atoms with Crippen LogP contribution in [0.25, 0.3) is 0 Å². The molecule has 1 radical (unpaired) electrons. The normalized spacial score (nSPS) is 21.4. The van der Waals surface area contributed by atoms with E-state index in [1.165, 1.54) is 0 Å². The van der Waals surface area contributed by atoms with E-state index in [-0.39, 0.29) is 5.92 Å². The molecular formula is C6H9F2. The molecule has 0 spiro atoms. The topological polar surface area (TPSA) is 0 Å². The lowest BCUT2D eigenvalue weighted by Gasteiger charge is -2.23. The van der Waals surface area contributed by atoms with Crippen molar-refractivity contribution < 1.29 is 8.78 Å². The summed E-state index contributed by atoms with van der Waals surface area (Å²) < 4.78 is 22.9. The molecule has 0 bridgehead atoms. The van der Waals surface area contributed by atoms with Crippen molar-refractivity contribution in [1.29, 1.82) is 0 Å². The Kier molecular flexibility index (Phi) is 1.81. The zero-order valence-electron chi connectivity index (χ0n) is 4.61. The first kappa shape index (κ1) is 5.99. The van der Waals surface area contributed by atoms with Gasteiger partial charge >= 0.3 is 0 Å². The van der Waals surface area contributed by atoms with Crippen molar-refractivity contribution in [3.63, 3.8) is 0 Å². The summed E-state index contributed by atoms with van der Waals surface area (Å²) in [6.45, 7) is 0. The number of rotatable bonds is 2. The van der Waals surface area contributed by atoms with Gasteiger partial charge in [0.25, 0.3) is 0 Å². The third-order valence-corrected chi connectivity index (χ3v) is 1.57. The fourth-order valence-corrected chi connectivity index (χ4v) is 0.838. The highest BCUT2D eigenvalue weighted by Gasteiger charge is 2.21. The summed E-state index contributed by atoms with van der Waals surface area (Å²) in [6, 6.07) is 0. The van der Waals surface area contributed by atoms with Crippen molar-refractivity contribution in [2.24, 2.45) is 5.92 Å². The van der Waals surface area contributed by atoms with Crippen LogP contribution in [0.5, 0.6) is 0 Å². The minimum Gasteiger partial charge on any atom is -0.210 e. The maximum Gasteiger partial charge on any atom is 0.242 e. The van der Waals surface area contributed by atoms with Gasteiger partial charge in [0.05, 0.1) is 0 Å². The van der Waals surface area contributed by atoms with E-state index in [0.29, 0.717) is 0 Å². The van der Waals surface area contributed by atoms with Crippen LogP contribution in [-0.2, 0) is 0 Å². The molecule has 47 valence electrons. The summed E-state index contributed by atoms with van der Waals surface area (Å²) in [7, 11) is 0. The molecule has 0 unspecified atom stereocenters. The lowest BCUT2D eigenvalue weighted by Crippen LogP contribution is -2.14. The maximum atomic E-state index is 11.5. The highest BCUT2D eigenvalue weighted by atomic mass is 19.3. The van der Waals surface area contributed by atoms with E-state index in [1.54, 1.807) is 0 Å². The van der Waals surface area contributed by atoms with Gasteiger partial charge in [-0.1, -0.05) is 6.42 Å². The van der Waals surface area contributed by atoms with Crippen LogP contribution in [0.15, 0.2) is 0 Å². The van der Waals surface area contributed by atoms with Gasteiger partial charge in [-0.2, -0.15) is 0 Å². The van der Waals surface area contributed by atoms with Crippen LogP contribution in [0, 0.1) is 12.3 Å². The summed E-state index contributed by atoms with van der Waals surface area (Å²) in [6.07, 6.45) is 2.03. The Morgan fingerprint density at radius 1 is 1.38 bits per heavy atom. The molecule has 1 saturated carbocycles. The SMILES string of the molecule is FC(F)[CH]C1CCC1. The van der Waals surface area contributed by atoms with Gasteiger partial charge < -0.3 is 0 Å². The molecule has 2 heteroatoms. The summed E-state index contributed by atoms with van der Waals surface area (Å²) >= 11 is 0. The summed E-state index contributed by atoms with van der Waals surface area (Å²) in [5.41, 5.74) is 0. The van der Waals surface area contributed by atoms with Gasteiger partial charge in [-0.05, 0) is 18.8 Å². The van der Waals surface area contributed by atoms with Gasteiger partial charge in [-0.15, -0.1) is 0 Å². The molecule has 0 aromatic rings. The number of hydrogen-bond donors (Lipinski definition) is 0. The van der Waals surface area contributed by atoms with Crippen LogP contribution >= 0.6 is 0 Å². The fraction of sp³-hybridized carbons (Fsp3) is 0.833. The molecule has 0 N–H and O–H groups in total. The van der Waals surface area contributed by atoms with E-state index in [4.69, 9.17) is 0 Å². The molecule has 0 aliphatic heterocycles. The molecule has 0 aromatic heterocycles. The Morgan fingerprint density at radius 3 is 2.12 bits per heavy atom. The number of hydrogen-bond acceptors (Lipinski definition) is 0. The highest BCUT2D eigenvalue weighted by Crippen LogP contribution is 2.30. The van der Waals surface area contributed by atoms with Crippen LogP contribution in [-0.4, -0.2) is 6.43 Å². The molecule has 0 aromatic carbocycles. The quantitative estimate of drug-likeness (QED) is 0.523. The Labute approximate surface area is 47.9 Å². The molecular weight excluding hydrogens is 110 g/mol. The molecule has 1 rings (SSSR count). The van der Waals surface area contributed by atoms with Gasteiger partial charge in [0.15, 0.2) is 0 Å². The van der Waals surface area contributed by atoms with Crippen molar-refractivity contribution >= 4 is 0 Å². The van der Waals surface area contributed by atoms with Gasteiger partial charge in [-0.3, -0.25) is 0 Å². The number of halogens is 2. The van der Waals surface area contributed by atoms with E-state index in [2.05, 4.69) is 0 Å². The first-order chi connectivity index (χ1) is 3.79. The smallest absolute Gasteiger partial charge is 0.210 e. The molecule has 8 heavy (non-hydrogen) atoms. The minimum absolute atomic E-state index is 0.231. The third kappa shape index (κ3) is 1.42. The Morgan fingerprint density at radius 2 is 2.00 bits per heavy atom. The van der Waals surface area contributed by atoms with Crippen LogP contribution < -0.4 is 0 Å². The van der Waals surface area contributed by atoms with Crippen LogP contribution in [0.3, 0.4) is 0 Å². The lowest BCUT2D eigenvalue weighted by atomic mass is 9.83. The highest BCUT2D eigenvalue weighted by molar-refractivity contribution is 4.84. The van der Waals surface area contributed by atoms with Gasteiger partial charge in [0.2, 0.25) is 6.43 Å². The molecule has 1 fully saturated rings. The monoisotopic (exact) mass is 119 g/mol. The van der Waals surface area contributed by atoms with Crippen LogP contribution in [0.1, 0.15) is 19.3 Å². The lowest BCUT2D eigenvalue weighted by molar-refractivity contribution is 0.152. The van der Waals surface area contributed by atoms with E-state index >= 15 is 0 Å². The minimum atomic E-state index is -2.19. The molecule has 0 heterocycles. The van der Waals surface area contributed by atoms with Gasteiger partial charge in [-0.25, -0.2) is 8.78 Å². The zero-order chi connectivity index (χ0) is 5.98. The van der Waals surface area contributed by atoms with Crippen molar-refractivity contribution in [2.45, 2.75) is 25.7 Å². The predicted octanol–water partition coefficient (Wildman–Crippen LogP) is 2.26. The van der Waals surface area contributed by atoms with Crippen molar-refractivity contribution in [1.82, 2.24) is 0 Å². The third-order valence-electron chi connectivity index (χ3n) is 1.57. The van der Waals surface area contributed by atoms with Crippen molar-refractivity contribution in [2.75, 3.05) is 0 Å². The first-order valence-electron chi connectivity index (χ1n) is 2.92. The van der Waals surface area contributed by atoms with Crippen molar-refractivity contribution in [3.05, 3.63) is 6.42 Å². The van der Waals surface area contributed by atoms with E-state index in [1.807, 2.05) is 0 Å². The second kappa shape index (κ2) is 2.42. The summed E-state index contributed by atoms with van der Waals surface area (Å²) in [5.74, 6) is 0.231. The largest absolute Gasteiger partial charge is 0.242 e. The standard InChI is InChI=1S/C6H9F2/c7-6(8)4-5-2-1-3-5/h4-6H,1-3H2. The van der Waals surface area contributed by atoms with Gasteiger partial charge in [0, 0.05) is 6.42 Å². The Bertz CT molecular complexity index is 66.9. The van der Waals surface area contributed by atoms with E-state index in [9.17, 15) is 8.78 Å². The van der Waals surface area contributed by atoms with Gasteiger partial charge in [0.1, 0.15) is 0 Å². The number of alkyl halides is 2. The average molecular weight is 119 g/mol. The molecule has 0 nitrogen and oxygen atoms in total. The average Bonchev–Trinajstić information content (AvgIpc) is 1.55. The van der Waals surface area contributed by atoms with Crippen molar-refractivity contribution in [3.8, 4) is 0 Å². The molecule has 0 atom stereocenters. The van der Waals surface area contributed by atoms with Crippen LogP contribution in [0.4, 0.5) is 8.78 Å². The Hall–Kier alpha value is -0.140. The maximum absolute atomic E-state index is 11.5. The predicted molar refractivity (Wildman–Crippen MR) is 27.6 cm³/mol.